The number of amides is 1. The molecule has 3 rings (SSSR count). The van der Waals surface area contributed by atoms with Crippen LogP contribution in [-0.2, 0) is 0 Å². The number of hydrogen-bond acceptors (Lipinski definition) is 4. The summed E-state index contributed by atoms with van der Waals surface area (Å²) in [6, 6.07) is 9.00. The highest BCUT2D eigenvalue weighted by Gasteiger charge is 2.16. The number of hydrogen-bond donors (Lipinski definition) is 1. The standard InChI is InChI=1S/C13H9FN2O3/c14-11-2-1-3-12(15-11)16-13(17)8-4-5-9-10(6-8)19-7-18-9/h1-6H,7H2,(H,15,16,17). The van der Waals surface area contributed by atoms with Gasteiger partial charge in [-0.3, -0.25) is 4.79 Å². The van der Waals surface area contributed by atoms with E-state index < -0.39 is 11.9 Å². The van der Waals surface area contributed by atoms with Crippen LogP contribution in [0, 0.1) is 5.95 Å². The molecule has 0 unspecified atom stereocenters. The summed E-state index contributed by atoms with van der Waals surface area (Å²) >= 11 is 0. The summed E-state index contributed by atoms with van der Waals surface area (Å²) in [4.78, 5) is 15.5. The Morgan fingerprint density at radius 2 is 2.05 bits per heavy atom. The molecule has 1 aromatic heterocycles. The molecule has 0 atom stereocenters. The Labute approximate surface area is 108 Å². The number of nitrogens with zero attached hydrogens (tertiary/aromatic N) is 1. The zero-order valence-electron chi connectivity index (χ0n) is 9.72. The van der Waals surface area contributed by atoms with Crippen molar-refractivity contribution in [2.45, 2.75) is 0 Å². The van der Waals surface area contributed by atoms with Gasteiger partial charge in [0.1, 0.15) is 5.82 Å². The first-order chi connectivity index (χ1) is 9.22. The van der Waals surface area contributed by atoms with E-state index in [1.165, 1.54) is 18.2 Å². The maximum atomic E-state index is 12.9. The van der Waals surface area contributed by atoms with Crippen LogP contribution in [0.5, 0.6) is 11.5 Å². The molecule has 0 spiro atoms. The van der Waals surface area contributed by atoms with Crippen LogP contribution in [0.2, 0.25) is 0 Å². The van der Waals surface area contributed by atoms with Crippen molar-refractivity contribution < 1.29 is 18.7 Å². The first-order valence-corrected chi connectivity index (χ1v) is 5.56. The number of halogens is 1. The number of carbonyl (C=O) groups is 1. The first-order valence-electron chi connectivity index (χ1n) is 5.56. The largest absolute Gasteiger partial charge is 0.454 e. The van der Waals surface area contributed by atoms with E-state index in [0.717, 1.165) is 0 Å². The zero-order chi connectivity index (χ0) is 13.2. The number of pyridine rings is 1. The summed E-state index contributed by atoms with van der Waals surface area (Å²) in [6.07, 6.45) is 0. The molecule has 2 heterocycles. The maximum Gasteiger partial charge on any atom is 0.256 e. The number of ether oxygens (including phenoxy) is 2. The number of aromatic nitrogens is 1. The minimum atomic E-state index is -0.650. The smallest absolute Gasteiger partial charge is 0.256 e. The van der Waals surface area contributed by atoms with E-state index in [-0.39, 0.29) is 12.6 Å². The predicted octanol–water partition coefficient (Wildman–Crippen LogP) is 2.20. The minimum absolute atomic E-state index is 0.145. The van der Waals surface area contributed by atoms with Gasteiger partial charge in [0.05, 0.1) is 0 Å². The van der Waals surface area contributed by atoms with Gasteiger partial charge >= 0.3 is 0 Å². The van der Waals surface area contributed by atoms with E-state index >= 15 is 0 Å². The molecular weight excluding hydrogens is 251 g/mol. The van der Waals surface area contributed by atoms with E-state index in [1.54, 1.807) is 18.2 Å². The fourth-order valence-electron chi connectivity index (χ4n) is 1.70. The zero-order valence-corrected chi connectivity index (χ0v) is 9.72. The summed E-state index contributed by atoms with van der Waals surface area (Å²) in [5.41, 5.74) is 0.385. The second-order valence-electron chi connectivity index (χ2n) is 3.87. The van der Waals surface area contributed by atoms with Gasteiger partial charge in [-0.15, -0.1) is 0 Å². The molecule has 5 nitrogen and oxygen atoms in total. The van der Waals surface area contributed by atoms with Crippen LogP contribution in [0.25, 0.3) is 0 Å². The summed E-state index contributed by atoms with van der Waals surface area (Å²) in [5.74, 6) is 0.225. The van der Waals surface area contributed by atoms with Crippen molar-refractivity contribution in [2.75, 3.05) is 12.1 Å². The summed E-state index contributed by atoms with van der Waals surface area (Å²) in [6.45, 7) is 0.145. The van der Waals surface area contributed by atoms with Gasteiger partial charge in [-0.25, -0.2) is 4.98 Å². The van der Waals surface area contributed by atoms with Crippen molar-refractivity contribution in [3.05, 3.63) is 47.9 Å². The average Bonchev–Trinajstić information content (AvgIpc) is 2.85. The van der Waals surface area contributed by atoms with Gasteiger partial charge in [0.2, 0.25) is 12.7 Å². The first kappa shape index (κ1) is 11.5. The lowest BCUT2D eigenvalue weighted by Crippen LogP contribution is -2.13. The van der Waals surface area contributed by atoms with Crippen molar-refractivity contribution in [2.24, 2.45) is 0 Å². The van der Waals surface area contributed by atoms with Crippen molar-refractivity contribution >= 4 is 11.7 Å². The predicted molar refractivity (Wildman–Crippen MR) is 64.7 cm³/mol. The van der Waals surface area contributed by atoms with Gasteiger partial charge < -0.3 is 14.8 Å². The lowest BCUT2D eigenvalue weighted by Gasteiger charge is -2.05. The Bertz CT molecular complexity index is 646. The van der Waals surface area contributed by atoms with E-state index in [9.17, 15) is 9.18 Å². The highest BCUT2D eigenvalue weighted by Crippen LogP contribution is 2.32. The van der Waals surface area contributed by atoms with E-state index in [0.29, 0.717) is 17.1 Å². The van der Waals surface area contributed by atoms with Crippen LogP contribution < -0.4 is 14.8 Å². The normalized spacial score (nSPS) is 12.3. The van der Waals surface area contributed by atoms with Crippen LogP contribution in [0.1, 0.15) is 10.4 Å². The Kier molecular flexibility index (Phi) is 2.75. The molecule has 2 aromatic rings. The van der Waals surface area contributed by atoms with Crippen LogP contribution in [0.15, 0.2) is 36.4 Å². The SMILES string of the molecule is O=C(Nc1cccc(F)n1)c1ccc2c(c1)OCO2. The topological polar surface area (TPSA) is 60.5 Å². The molecule has 0 fully saturated rings. The molecule has 1 aromatic carbocycles. The summed E-state index contributed by atoms with van der Waals surface area (Å²) in [5, 5.41) is 2.50. The van der Waals surface area contributed by atoms with Gasteiger partial charge in [-0.05, 0) is 30.3 Å². The van der Waals surface area contributed by atoms with Crippen LogP contribution >= 0.6 is 0 Å². The second-order valence-corrected chi connectivity index (χ2v) is 3.87. The van der Waals surface area contributed by atoms with Crippen molar-refractivity contribution in [1.29, 1.82) is 0 Å². The molecular formula is C13H9FN2O3. The highest BCUT2D eigenvalue weighted by atomic mass is 19.1. The Hall–Kier alpha value is -2.63. The van der Waals surface area contributed by atoms with Crippen LogP contribution in [0.3, 0.4) is 0 Å². The molecule has 0 aliphatic carbocycles. The molecule has 1 aliphatic heterocycles. The number of fused-ring (bicyclic) bond motifs is 1. The Morgan fingerprint density at radius 3 is 2.89 bits per heavy atom. The van der Waals surface area contributed by atoms with Gasteiger partial charge in [0.15, 0.2) is 11.5 Å². The van der Waals surface area contributed by atoms with Crippen LogP contribution in [0.4, 0.5) is 10.2 Å². The number of nitrogens with one attached hydrogen (secondary N) is 1. The number of rotatable bonds is 2. The molecule has 6 heteroatoms. The summed E-state index contributed by atoms with van der Waals surface area (Å²) in [7, 11) is 0. The van der Waals surface area contributed by atoms with Gasteiger partial charge in [0.25, 0.3) is 5.91 Å². The number of benzene rings is 1. The molecule has 0 saturated carbocycles. The maximum absolute atomic E-state index is 12.9. The molecule has 19 heavy (non-hydrogen) atoms. The lowest BCUT2D eigenvalue weighted by molar-refractivity contribution is 0.102. The lowest BCUT2D eigenvalue weighted by atomic mass is 10.2. The molecule has 1 aliphatic rings. The van der Waals surface area contributed by atoms with E-state index in [4.69, 9.17) is 9.47 Å². The van der Waals surface area contributed by atoms with Crippen molar-refractivity contribution in [3.63, 3.8) is 0 Å². The number of anilines is 1. The van der Waals surface area contributed by atoms with Gasteiger partial charge in [0, 0.05) is 5.56 Å². The second kappa shape index (κ2) is 4.56. The van der Waals surface area contributed by atoms with E-state index in [2.05, 4.69) is 10.3 Å². The Balaban J connectivity index is 1.81. The fraction of sp³-hybridized carbons (Fsp3) is 0.0769. The third kappa shape index (κ3) is 2.33. The van der Waals surface area contributed by atoms with Crippen molar-refractivity contribution in [1.82, 2.24) is 4.98 Å². The third-order valence-corrected chi connectivity index (χ3v) is 2.59. The molecule has 96 valence electrons. The fourth-order valence-corrected chi connectivity index (χ4v) is 1.70. The molecule has 0 saturated heterocycles. The summed E-state index contributed by atoms with van der Waals surface area (Å²) < 4.78 is 23.2. The molecule has 0 bridgehead atoms. The average molecular weight is 260 g/mol. The van der Waals surface area contributed by atoms with Crippen molar-refractivity contribution in [3.8, 4) is 11.5 Å². The van der Waals surface area contributed by atoms with Gasteiger partial charge in [-0.1, -0.05) is 6.07 Å². The Morgan fingerprint density at radius 1 is 1.21 bits per heavy atom. The molecule has 0 radical (unpaired) electrons. The molecule has 1 amide bonds. The number of carbonyl (C=O) groups excluding carboxylic acids is 1. The minimum Gasteiger partial charge on any atom is -0.454 e. The highest BCUT2D eigenvalue weighted by molar-refractivity contribution is 6.04. The molecule has 1 N–H and O–H groups in total. The van der Waals surface area contributed by atoms with Crippen LogP contribution in [-0.4, -0.2) is 17.7 Å². The van der Waals surface area contributed by atoms with Gasteiger partial charge in [-0.2, -0.15) is 4.39 Å². The monoisotopic (exact) mass is 260 g/mol. The third-order valence-electron chi connectivity index (χ3n) is 2.59. The van der Waals surface area contributed by atoms with E-state index in [1.807, 2.05) is 0 Å². The quantitative estimate of drug-likeness (QED) is 0.841.